The van der Waals surface area contributed by atoms with Crippen molar-refractivity contribution < 1.29 is 4.74 Å². The van der Waals surface area contributed by atoms with E-state index >= 15 is 0 Å². The van der Waals surface area contributed by atoms with Crippen LogP contribution in [0.2, 0.25) is 0 Å². The first kappa shape index (κ1) is 9.90. The normalized spacial score (nSPS) is 10.8. The van der Waals surface area contributed by atoms with E-state index in [4.69, 9.17) is 10.5 Å². The molecule has 15 heavy (non-hydrogen) atoms. The number of rotatable bonds is 3. The second kappa shape index (κ2) is 3.85. The van der Waals surface area contributed by atoms with Crippen molar-refractivity contribution in [2.45, 2.75) is 19.8 Å². The van der Waals surface area contributed by atoms with Crippen LogP contribution in [0, 0.1) is 0 Å². The highest BCUT2D eigenvalue weighted by Crippen LogP contribution is 2.32. The lowest BCUT2D eigenvalue weighted by Gasteiger charge is -2.05. The highest BCUT2D eigenvalue weighted by molar-refractivity contribution is 5.97. The Morgan fingerprint density at radius 1 is 1.40 bits per heavy atom. The van der Waals surface area contributed by atoms with E-state index in [1.54, 1.807) is 7.11 Å². The van der Waals surface area contributed by atoms with E-state index in [9.17, 15) is 0 Å². The van der Waals surface area contributed by atoms with Crippen molar-refractivity contribution in [3.8, 4) is 5.75 Å². The molecule has 0 unspecified atom stereocenters. The van der Waals surface area contributed by atoms with E-state index in [0.717, 1.165) is 35.2 Å². The molecule has 1 heterocycles. The molecule has 0 atom stereocenters. The van der Waals surface area contributed by atoms with Crippen LogP contribution in [-0.2, 0) is 6.42 Å². The third kappa shape index (κ3) is 1.54. The number of aromatic amines is 1. The van der Waals surface area contributed by atoms with Gasteiger partial charge in [0.15, 0.2) is 0 Å². The van der Waals surface area contributed by atoms with Gasteiger partial charge in [-0.15, -0.1) is 0 Å². The average Bonchev–Trinajstić information content (AvgIpc) is 2.65. The minimum Gasteiger partial charge on any atom is -0.496 e. The summed E-state index contributed by atoms with van der Waals surface area (Å²) in [6, 6.07) is 3.79. The summed E-state index contributed by atoms with van der Waals surface area (Å²) in [6.45, 7) is 2.16. The summed E-state index contributed by atoms with van der Waals surface area (Å²) >= 11 is 0. The maximum atomic E-state index is 5.90. The Labute approximate surface area is 89.2 Å². The fraction of sp³-hybridized carbons (Fsp3) is 0.333. The zero-order chi connectivity index (χ0) is 10.8. The third-order valence-electron chi connectivity index (χ3n) is 2.65. The van der Waals surface area contributed by atoms with Gasteiger partial charge in [0.05, 0.1) is 18.3 Å². The first-order valence-corrected chi connectivity index (χ1v) is 5.20. The molecular weight excluding hydrogens is 188 g/mol. The maximum absolute atomic E-state index is 5.90. The van der Waals surface area contributed by atoms with Crippen LogP contribution >= 0.6 is 0 Å². The van der Waals surface area contributed by atoms with Gasteiger partial charge in [-0.05, 0) is 24.1 Å². The van der Waals surface area contributed by atoms with Gasteiger partial charge in [-0.3, -0.25) is 0 Å². The molecule has 3 nitrogen and oxygen atoms in total. The van der Waals surface area contributed by atoms with Crippen LogP contribution in [0.15, 0.2) is 18.3 Å². The lowest BCUT2D eigenvalue weighted by Crippen LogP contribution is -1.91. The molecule has 0 aliphatic rings. The molecule has 1 aromatic carbocycles. The van der Waals surface area contributed by atoms with Crippen molar-refractivity contribution in [1.82, 2.24) is 4.98 Å². The fourth-order valence-corrected chi connectivity index (χ4v) is 1.94. The van der Waals surface area contributed by atoms with Gasteiger partial charge in [-0.1, -0.05) is 13.3 Å². The largest absolute Gasteiger partial charge is 0.496 e. The summed E-state index contributed by atoms with van der Waals surface area (Å²) in [5, 5.41) is 1.12. The predicted octanol–water partition coefficient (Wildman–Crippen LogP) is 2.71. The lowest BCUT2D eigenvalue weighted by molar-refractivity contribution is 0.419. The van der Waals surface area contributed by atoms with Crippen molar-refractivity contribution in [1.29, 1.82) is 0 Å². The van der Waals surface area contributed by atoms with E-state index in [2.05, 4.69) is 11.9 Å². The number of H-pyrrole nitrogens is 1. The number of ether oxygens (including phenoxy) is 1. The van der Waals surface area contributed by atoms with Crippen LogP contribution < -0.4 is 10.5 Å². The summed E-state index contributed by atoms with van der Waals surface area (Å²) in [7, 11) is 1.69. The van der Waals surface area contributed by atoms with Gasteiger partial charge in [0, 0.05) is 11.6 Å². The lowest BCUT2D eigenvalue weighted by atomic mass is 10.1. The van der Waals surface area contributed by atoms with Crippen LogP contribution in [0.3, 0.4) is 0 Å². The number of methoxy groups -OCH3 is 1. The second-order valence-corrected chi connectivity index (χ2v) is 3.67. The number of benzene rings is 1. The zero-order valence-electron chi connectivity index (χ0n) is 9.13. The van der Waals surface area contributed by atoms with Crippen LogP contribution in [0.4, 0.5) is 5.69 Å². The van der Waals surface area contributed by atoms with Gasteiger partial charge in [-0.2, -0.15) is 0 Å². The summed E-state index contributed by atoms with van der Waals surface area (Å²) in [4.78, 5) is 3.21. The van der Waals surface area contributed by atoms with Crippen molar-refractivity contribution >= 4 is 16.6 Å². The van der Waals surface area contributed by atoms with Gasteiger partial charge in [-0.25, -0.2) is 0 Å². The molecule has 2 aromatic rings. The van der Waals surface area contributed by atoms with E-state index in [-0.39, 0.29) is 0 Å². The summed E-state index contributed by atoms with van der Waals surface area (Å²) < 4.78 is 5.35. The van der Waals surface area contributed by atoms with Crippen LogP contribution in [-0.4, -0.2) is 12.1 Å². The number of nitrogens with one attached hydrogen (secondary N) is 1. The maximum Gasteiger partial charge on any atom is 0.128 e. The monoisotopic (exact) mass is 204 g/mol. The highest BCUT2D eigenvalue weighted by atomic mass is 16.5. The van der Waals surface area contributed by atoms with E-state index in [0.29, 0.717) is 0 Å². The Morgan fingerprint density at radius 2 is 2.20 bits per heavy atom. The number of fused-ring (bicyclic) bond motifs is 1. The minimum absolute atomic E-state index is 0.771. The molecule has 0 saturated heterocycles. The van der Waals surface area contributed by atoms with E-state index in [1.807, 2.05) is 18.3 Å². The topological polar surface area (TPSA) is 51.0 Å². The molecule has 0 fully saturated rings. The molecule has 3 N–H and O–H groups in total. The number of hydrogen-bond acceptors (Lipinski definition) is 2. The number of nitrogens with two attached hydrogens (primary N) is 1. The first-order chi connectivity index (χ1) is 7.27. The number of nitrogen functional groups attached to an aromatic ring is 1. The number of aromatic nitrogens is 1. The minimum atomic E-state index is 0.771. The summed E-state index contributed by atoms with van der Waals surface area (Å²) in [5.74, 6) is 0.893. The third-order valence-corrected chi connectivity index (χ3v) is 2.65. The Balaban J connectivity index is 2.69. The number of aryl methyl sites for hydroxylation is 1. The van der Waals surface area contributed by atoms with Crippen molar-refractivity contribution in [3.63, 3.8) is 0 Å². The Kier molecular flexibility index (Phi) is 2.54. The van der Waals surface area contributed by atoms with E-state index < -0.39 is 0 Å². The molecule has 3 heteroatoms. The quantitative estimate of drug-likeness (QED) is 0.755. The Bertz CT molecular complexity index is 474. The van der Waals surface area contributed by atoms with Crippen LogP contribution in [0.1, 0.15) is 18.9 Å². The summed E-state index contributed by atoms with van der Waals surface area (Å²) in [6.07, 6.45) is 4.18. The smallest absolute Gasteiger partial charge is 0.128 e. The molecule has 0 bridgehead atoms. The predicted molar refractivity (Wildman–Crippen MR) is 63.3 cm³/mol. The van der Waals surface area contributed by atoms with Crippen LogP contribution in [0.25, 0.3) is 10.9 Å². The van der Waals surface area contributed by atoms with Crippen molar-refractivity contribution in [2.75, 3.05) is 12.8 Å². The Morgan fingerprint density at radius 3 is 2.87 bits per heavy atom. The SMILES string of the molecule is CCCc1c[nH]c2c(N)ccc(OC)c12. The van der Waals surface area contributed by atoms with E-state index in [1.165, 1.54) is 5.56 Å². The molecule has 0 saturated carbocycles. The number of hydrogen-bond donors (Lipinski definition) is 2. The molecule has 0 aliphatic heterocycles. The summed E-state index contributed by atoms with van der Waals surface area (Å²) in [5.41, 5.74) is 8.93. The highest BCUT2D eigenvalue weighted by Gasteiger charge is 2.10. The molecular formula is C12H16N2O. The van der Waals surface area contributed by atoms with Crippen LogP contribution in [0.5, 0.6) is 5.75 Å². The van der Waals surface area contributed by atoms with Gasteiger partial charge < -0.3 is 15.5 Å². The Hall–Kier alpha value is -1.64. The van der Waals surface area contributed by atoms with Crippen molar-refractivity contribution in [2.24, 2.45) is 0 Å². The fourth-order valence-electron chi connectivity index (χ4n) is 1.94. The van der Waals surface area contributed by atoms with Crippen molar-refractivity contribution in [3.05, 3.63) is 23.9 Å². The molecule has 2 rings (SSSR count). The van der Waals surface area contributed by atoms with Gasteiger partial charge in [0.1, 0.15) is 5.75 Å². The standard InChI is InChI=1S/C12H16N2O/c1-3-4-8-7-14-12-9(13)5-6-10(15-2)11(8)12/h5-7,14H,3-4,13H2,1-2H3. The van der Waals surface area contributed by atoms with Gasteiger partial charge >= 0.3 is 0 Å². The first-order valence-electron chi connectivity index (χ1n) is 5.20. The molecule has 80 valence electrons. The number of anilines is 1. The molecule has 0 radical (unpaired) electrons. The molecule has 0 amide bonds. The zero-order valence-corrected chi connectivity index (χ0v) is 9.13. The van der Waals surface area contributed by atoms with Gasteiger partial charge in [0.25, 0.3) is 0 Å². The second-order valence-electron chi connectivity index (χ2n) is 3.67. The average molecular weight is 204 g/mol. The molecule has 0 aliphatic carbocycles. The van der Waals surface area contributed by atoms with Gasteiger partial charge in [0.2, 0.25) is 0 Å². The molecule has 1 aromatic heterocycles. The molecule has 0 spiro atoms.